The van der Waals surface area contributed by atoms with E-state index < -0.39 is 0 Å². The highest BCUT2D eigenvalue weighted by molar-refractivity contribution is 7.98. The molecule has 0 atom stereocenters. The lowest BCUT2D eigenvalue weighted by Crippen LogP contribution is -2.17. The zero-order chi connectivity index (χ0) is 16.0. The van der Waals surface area contributed by atoms with Crippen molar-refractivity contribution >= 4 is 11.8 Å². The normalized spacial score (nSPS) is 14.5. The lowest BCUT2D eigenvalue weighted by atomic mass is 10.4. The van der Waals surface area contributed by atoms with E-state index in [4.69, 9.17) is 10.3 Å². The van der Waals surface area contributed by atoms with Crippen LogP contribution in [0.1, 0.15) is 41.9 Å². The Morgan fingerprint density at radius 3 is 2.78 bits per heavy atom. The van der Waals surface area contributed by atoms with Crippen molar-refractivity contribution in [3.8, 4) is 5.95 Å². The second kappa shape index (κ2) is 5.37. The largest absolute Gasteiger partial charge is 0.424 e. The van der Waals surface area contributed by atoms with Gasteiger partial charge < -0.3 is 10.3 Å². The van der Waals surface area contributed by atoms with Crippen LogP contribution in [0.25, 0.3) is 5.95 Å². The van der Waals surface area contributed by atoms with Gasteiger partial charge in [-0.1, -0.05) is 11.8 Å². The highest BCUT2D eigenvalue weighted by atomic mass is 32.2. The van der Waals surface area contributed by atoms with E-state index in [0.29, 0.717) is 28.7 Å². The van der Waals surface area contributed by atoms with Crippen LogP contribution >= 0.6 is 11.8 Å². The number of hydrogen-bond donors (Lipinski definition) is 1. The Morgan fingerprint density at radius 2 is 2.09 bits per heavy atom. The first-order chi connectivity index (χ1) is 11.1. The van der Waals surface area contributed by atoms with E-state index in [1.54, 1.807) is 4.68 Å². The summed E-state index contributed by atoms with van der Waals surface area (Å²) in [5.74, 6) is 8.83. The van der Waals surface area contributed by atoms with Crippen molar-refractivity contribution < 1.29 is 4.42 Å². The van der Waals surface area contributed by atoms with Gasteiger partial charge in [0.15, 0.2) is 0 Å². The van der Waals surface area contributed by atoms with Gasteiger partial charge in [-0.2, -0.15) is 5.10 Å². The molecular weight excluding hydrogens is 316 g/mol. The summed E-state index contributed by atoms with van der Waals surface area (Å²) >= 11 is 1.40. The van der Waals surface area contributed by atoms with Gasteiger partial charge in [0.1, 0.15) is 0 Å². The summed E-state index contributed by atoms with van der Waals surface area (Å²) in [5, 5.41) is 21.3. The lowest BCUT2D eigenvalue weighted by molar-refractivity contribution is 0.466. The van der Waals surface area contributed by atoms with E-state index in [1.165, 1.54) is 16.4 Å². The molecule has 0 bridgehead atoms. The Morgan fingerprint density at radius 1 is 1.26 bits per heavy atom. The van der Waals surface area contributed by atoms with Gasteiger partial charge in [-0.05, 0) is 32.8 Å². The predicted molar refractivity (Wildman–Crippen MR) is 82.6 cm³/mol. The van der Waals surface area contributed by atoms with Crippen LogP contribution in [-0.4, -0.2) is 34.9 Å². The van der Waals surface area contributed by atoms with Crippen molar-refractivity contribution in [2.45, 2.75) is 43.5 Å². The molecule has 2 N–H and O–H groups in total. The lowest BCUT2D eigenvalue weighted by Gasteiger charge is -2.03. The number of nitrogen functional groups attached to an aromatic ring is 1. The smallest absolute Gasteiger partial charge is 0.271 e. The summed E-state index contributed by atoms with van der Waals surface area (Å²) in [6, 6.07) is 1.96. The number of hydrogen-bond acceptors (Lipinski definition) is 8. The van der Waals surface area contributed by atoms with Gasteiger partial charge in [0.2, 0.25) is 16.9 Å². The van der Waals surface area contributed by atoms with E-state index in [9.17, 15) is 0 Å². The second-order valence-corrected chi connectivity index (χ2v) is 6.53. The molecular formula is C13H16N8OS. The summed E-state index contributed by atoms with van der Waals surface area (Å²) in [6.07, 6.45) is 2.27. The van der Waals surface area contributed by atoms with Gasteiger partial charge in [-0.25, -0.2) is 9.36 Å². The molecule has 1 saturated carbocycles. The van der Waals surface area contributed by atoms with Crippen LogP contribution in [0.4, 0.5) is 0 Å². The fourth-order valence-electron chi connectivity index (χ4n) is 2.29. The topological polar surface area (TPSA) is 113 Å². The standard InChI is InChI=1S/C13H16N8OS/c1-7-5-8(2)21(19-7)12-17-18-13(20(12)14)23-6-10-15-16-11(22-10)9-3-4-9/h5,9H,3-4,6,14H2,1-2H3. The maximum absolute atomic E-state index is 6.08. The maximum atomic E-state index is 6.08. The quantitative estimate of drug-likeness (QED) is 0.550. The van der Waals surface area contributed by atoms with Crippen molar-refractivity contribution in [3.63, 3.8) is 0 Å². The molecule has 0 unspecified atom stereocenters. The minimum atomic E-state index is 0.456. The van der Waals surface area contributed by atoms with E-state index in [2.05, 4.69) is 25.5 Å². The van der Waals surface area contributed by atoms with Crippen LogP contribution in [0.5, 0.6) is 0 Å². The summed E-state index contributed by atoms with van der Waals surface area (Å²) in [4.78, 5) is 0. The number of nitrogens with zero attached hydrogens (tertiary/aromatic N) is 7. The molecule has 0 aromatic carbocycles. The van der Waals surface area contributed by atoms with E-state index >= 15 is 0 Å². The average Bonchev–Trinajstić information content (AvgIpc) is 3.02. The Balaban J connectivity index is 1.50. The summed E-state index contributed by atoms with van der Waals surface area (Å²) in [7, 11) is 0. The van der Waals surface area contributed by atoms with Gasteiger partial charge >= 0.3 is 0 Å². The monoisotopic (exact) mass is 332 g/mol. The molecule has 23 heavy (non-hydrogen) atoms. The number of thioether (sulfide) groups is 1. The molecule has 9 nitrogen and oxygen atoms in total. The molecule has 10 heteroatoms. The summed E-state index contributed by atoms with van der Waals surface area (Å²) in [6.45, 7) is 3.86. The third-order valence-corrected chi connectivity index (χ3v) is 4.51. The minimum Gasteiger partial charge on any atom is -0.424 e. The van der Waals surface area contributed by atoms with Gasteiger partial charge in [-0.3, -0.25) is 0 Å². The first-order valence-corrected chi connectivity index (χ1v) is 8.29. The summed E-state index contributed by atoms with van der Waals surface area (Å²) in [5.41, 5.74) is 1.85. The fraction of sp³-hybridized carbons (Fsp3) is 0.462. The Hall–Kier alpha value is -2.36. The molecule has 4 rings (SSSR count). The molecule has 0 aliphatic heterocycles. The molecule has 1 aliphatic rings. The molecule has 0 amide bonds. The fourth-order valence-corrected chi connectivity index (χ4v) is 2.98. The van der Waals surface area contributed by atoms with Crippen molar-refractivity contribution in [1.29, 1.82) is 0 Å². The molecule has 3 aromatic heterocycles. The number of aromatic nitrogens is 7. The molecule has 1 fully saturated rings. The van der Waals surface area contributed by atoms with E-state index in [1.807, 2.05) is 19.9 Å². The van der Waals surface area contributed by atoms with Gasteiger partial charge in [0, 0.05) is 11.6 Å². The van der Waals surface area contributed by atoms with Crippen LogP contribution < -0.4 is 5.84 Å². The first kappa shape index (κ1) is 14.2. The zero-order valence-electron chi connectivity index (χ0n) is 12.8. The van der Waals surface area contributed by atoms with E-state index in [-0.39, 0.29) is 0 Å². The van der Waals surface area contributed by atoms with Crippen LogP contribution in [-0.2, 0) is 5.75 Å². The molecule has 3 aromatic rings. The van der Waals surface area contributed by atoms with Crippen molar-refractivity contribution in [2.75, 3.05) is 5.84 Å². The van der Waals surface area contributed by atoms with Crippen LogP contribution in [0.15, 0.2) is 15.6 Å². The first-order valence-electron chi connectivity index (χ1n) is 7.31. The number of nitrogens with two attached hydrogens (primary N) is 1. The third-order valence-electron chi connectivity index (χ3n) is 3.58. The Bertz CT molecular complexity index is 846. The molecule has 0 saturated heterocycles. The SMILES string of the molecule is Cc1cc(C)n(-c2nnc(SCc3nnc(C4CC4)o3)n2N)n1. The van der Waals surface area contributed by atoms with E-state index in [0.717, 1.165) is 30.1 Å². The van der Waals surface area contributed by atoms with Gasteiger partial charge in [-0.15, -0.1) is 20.4 Å². The molecule has 120 valence electrons. The number of aryl methyl sites for hydroxylation is 2. The molecule has 1 aliphatic carbocycles. The van der Waals surface area contributed by atoms with Crippen LogP contribution in [0, 0.1) is 13.8 Å². The van der Waals surface area contributed by atoms with Gasteiger partial charge in [0.05, 0.1) is 11.4 Å². The highest BCUT2D eigenvalue weighted by Gasteiger charge is 2.29. The van der Waals surface area contributed by atoms with Crippen molar-refractivity contribution in [2.24, 2.45) is 0 Å². The summed E-state index contributed by atoms with van der Waals surface area (Å²) < 4.78 is 8.71. The molecule has 0 spiro atoms. The highest BCUT2D eigenvalue weighted by Crippen LogP contribution is 2.39. The Kier molecular flexibility index (Phi) is 3.33. The third kappa shape index (κ3) is 2.69. The Labute approximate surface area is 136 Å². The minimum absolute atomic E-state index is 0.456. The average molecular weight is 332 g/mol. The predicted octanol–water partition coefficient (Wildman–Crippen LogP) is 1.35. The maximum Gasteiger partial charge on any atom is 0.271 e. The number of rotatable bonds is 5. The van der Waals surface area contributed by atoms with Crippen LogP contribution in [0.3, 0.4) is 0 Å². The molecule has 3 heterocycles. The zero-order valence-corrected chi connectivity index (χ0v) is 13.6. The van der Waals surface area contributed by atoms with Crippen molar-refractivity contribution in [3.05, 3.63) is 29.2 Å². The van der Waals surface area contributed by atoms with Crippen molar-refractivity contribution in [1.82, 2.24) is 34.9 Å². The second-order valence-electron chi connectivity index (χ2n) is 5.59. The molecule has 0 radical (unpaired) electrons. The van der Waals surface area contributed by atoms with Crippen LogP contribution in [0.2, 0.25) is 0 Å². The van der Waals surface area contributed by atoms with Gasteiger partial charge in [0.25, 0.3) is 5.95 Å².